The number of aliphatic hydroxyl groups excluding tert-OH is 1. The Morgan fingerprint density at radius 1 is 0.829 bits per heavy atom. The van der Waals surface area contributed by atoms with E-state index in [0.29, 0.717) is 44.9 Å². The lowest BCUT2D eigenvalue weighted by Gasteiger charge is -2.46. The van der Waals surface area contributed by atoms with Crippen molar-refractivity contribution in [2.45, 2.75) is 36.3 Å². The van der Waals surface area contributed by atoms with Crippen molar-refractivity contribution in [3.05, 3.63) is 213 Å². The number of imide groups is 1. The number of benzene rings is 6. The Morgan fingerprint density at radius 2 is 1.47 bits per heavy atom. The highest BCUT2D eigenvalue weighted by atomic mass is 16.6. The molecule has 70 heavy (non-hydrogen) atoms. The van der Waals surface area contributed by atoms with Crippen molar-refractivity contribution >= 4 is 35.3 Å². The van der Waals surface area contributed by atoms with Crippen LogP contribution in [-0.4, -0.2) is 71.7 Å². The summed E-state index contributed by atoms with van der Waals surface area (Å²) in [6.45, 7) is 3.18. The highest BCUT2D eigenvalue weighted by Crippen LogP contribution is 2.66. The van der Waals surface area contributed by atoms with Crippen LogP contribution in [0.3, 0.4) is 0 Å². The number of morpholine rings is 1. The van der Waals surface area contributed by atoms with Gasteiger partial charge in [-0.15, -0.1) is 6.58 Å². The molecular weight excluding hydrogens is 893 g/mol. The molecule has 0 bridgehead atoms. The summed E-state index contributed by atoms with van der Waals surface area (Å²) < 4.78 is 23.5. The van der Waals surface area contributed by atoms with Gasteiger partial charge in [0.15, 0.2) is 0 Å². The molecule has 3 amide bonds. The van der Waals surface area contributed by atoms with Crippen molar-refractivity contribution in [1.82, 2.24) is 10.2 Å². The fourth-order valence-electron chi connectivity index (χ4n) is 9.90. The summed E-state index contributed by atoms with van der Waals surface area (Å²) in [5.41, 5.74) is 1.41. The number of nitrogens with zero attached hydrogens (tertiary/aromatic N) is 3. The number of cyclic esters (lactones) is 1. The van der Waals surface area contributed by atoms with Crippen LogP contribution in [-0.2, 0) is 35.9 Å². The number of nitro benzene ring substituents is 1. The molecule has 2 saturated heterocycles. The smallest absolute Gasteiger partial charge is 0.421 e. The molecule has 3 heterocycles. The van der Waals surface area contributed by atoms with E-state index in [0.717, 1.165) is 4.90 Å². The van der Waals surface area contributed by atoms with Crippen LogP contribution >= 0.6 is 0 Å². The van der Waals surface area contributed by atoms with Crippen molar-refractivity contribution in [3.63, 3.8) is 0 Å². The monoisotopic (exact) mass is 938 g/mol. The van der Waals surface area contributed by atoms with Gasteiger partial charge in [-0.05, 0) is 94.5 Å². The Hall–Kier alpha value is -8.58. The number of esters is 1. The van der Waals surface area contributed by atoms with Gasteiger partial charge in [0.25, 0.3) is 5.69 Å². The number of nitro groups is 1. The molecule has 0 aliphatic carbocycles. The zero-order valence-electron chi connectivity index (χ0n) is 37.8. The molecule has 3 aliphatic rings. The van der Waals surface area contributed by atoms with E-state index in [2.05, 4.69) is 23.7 Å². The fraction of sp³-hybridized carbons (Fsp3) is 0.200. The largest absolute Gasteiger partial charge is 0.497 e. The molecule has 0 radical (unpaired) electrons. The van der Waals surface area contributed by atoms with Gasteiger partial charge in [-0.3, -0.25) is 29.4 Å². The number of anilines is 1. The van der Waals surface area contributed by atoms with Crippen LogP contribution in [0.15, 0.2) is 164 Å². The van der Waals surface area contributed by atoms with Crippen LogP contribution in [0.1, 0.15) is 57.1 Å². The lowest BCUT2D eigenvalue weighted by atomic mass is 9.65. The summed E-state index contributed by atoms with van der Waals surface area (Å²) in [5, 5.41) is 23.9. The molecule has 2 fully saturated rings. The molecule has 15 heteroatoms. The molecule has 6 atom stereocenters. The van der Waals surface area contributed by atoms with Gasteiger partial charge < -0.3 is 29.4 Å². The first-order chi connectivity index (χ1) is 34.1. The maximum Gasteiger partial charge on any atom is 0.421 e. The van der Waals surface area contributed by atoms with Gasteiger partial charge in [0, 0.05) is 29.8 Å². The summed E-state index contributed by atoms with van der Waals surface area (Å²) >= 11 is 0. The molecule has 1 spiro atoms. The average molecular weight is 939 g/mol. The van der Waals surface area contributed by atoms with E-state index < -0.39 is 64.4 Å². The number of aliphatic hydroxyl groups is 1. The second-order valence-corrected chi connectivity index (χ2v) is 16.8. The first-order valence-corrected chi connectivity index (χ1v) is 22.4. The molecule has 3 aliphatic heterocycles. The lowest BCUT2D eigenvalue weighted by molar-refractivity contribution is -0.384. The zero-order valence-corrected chi connectivity index (χ0v) is 37.8. The predicted octanol–water partition coefficient (Wildman–Crippen LogP) is 7.68. The van der Waals surface area contributed by atoms with E-state index in [-0.39, 0.29) is 43.3 Å². The minimum atomic E-state index is -2.10. The van der Waals surface area contributed by atoms with E-state index in [1.54, 1.807) is 73.8 Å². The topological polar surface area (TPSA) is 187 Å². The Bertz CT molecular complexity index is 3010. The molecule has 6 unspecified atom stereocenters. The van der Waals surface area contributed by atoms with Crippen molar-refractivity contribution in [2.24, 2.45) is 5.92 Å². The number of non-ortho nitro benzene ring substituents is 1. The molecule has 15 nitrogen and oxygen atoms in total. The Morgan fingerprint density at radius 3 is 2.11 bits per heavy atom. The maximum absolute atomic E-state index is 16.4. The standard InChI is InChI=1S/C55H46N4O11/c1-3-30-56-51(61)46-48-52(62)70-49(39-12-8-5-9-13-39)47(38-10-6-4-7-11-38)58(48)50(40-21-27-43(28-22-40)68-32-31-60)55(46)44-33-36(15-14-35-18-25-42(67-2)26-19-35)20-29-45(44)57(53(55)63)54(64)69-34-37-16-23-41(24-17-37)59(65)66/h3-13,16-29,33,46-50,60H,1,30-32,34H2,2H3,(H,56,61). The molecule has 9 rings (SSSR count). The first-order valence-electron chi connectivity index (χ1n) is 22.4. The van der Waals surface area contributed by atoms with E-state index in [1.807, 2.05) is 65.6 Å². The third kappa shape index (κ3) is 8.50. The number of rotatable bonds is 13. The second kappa shape index (κ2) is 19.9. The number of fused-ring (bicyclic) bond motifs is 3. The van der Waals surface area contributed by atoms with E-state index >= 15 is 14.4 Å². The van der Waals surface area contributed by atoms with Crippen LogP contribution < -0.4 is 19.7 Å². The third-order valence-corrected chi connectivity index (χ3v) is 12.9. The number of ether oxygens (including phenoxy) is 4. The SMILES string of the molecule is C=CCNC(=O)C1C2C(=O)OC(c3ccccc3)C(c3ccccc3)N2C(c2ccc(OCCO)cc2)C12C(=O)N(C(=O)OCc1ccc([N+](=O)[O-])cc1)c1ccc(C#Cc3ccc(OC)cc3)cc12. The normalized spacial score (nSPS) is 21.1. The van der Waals surface area contributed by atoms with Gasteiger partial charge in [0.2, 0.25) is 11.8 Å². The van der Waals surface area contributed by atoms with E-state index in [4.69, 9.17) is 18.9 Å². The van der Waals surface area contributed by atoms with Crippen LogP contribution in [0, 0.1) is 27.9 Å². The highest BCUT2D eigenvalue weighted by Gasteiger charge is 2.75. The minimum absolute atomic E-state index is 0.0102. The predicted molar refractivity (Wildman–Crippen MR) is 256 cm³/mol. The van der Waals surface area contributed by atoms with Crippen LogP contribution in [0.5, 0.6) is 11.5 Å². The second-order valence-electron chi connectivity index (χ2n) is 16.8. The summed E-state index contributed by atoms with van der Waals surface area (Å²) in [5.74, 6) is 3.55. The molecule has 0 aromatic heterocycles. The maximum atomic E-state index is 16.4. The highest BCUT2D eigenvalue weighted by molar-refractivity contribution is 6.23. The fourth-order valence-corrected chi connectivity index (χ4v) is 9.90. The van der Waals surface area contributed by atoms with E-state index in [9.17, 15) is 20.0 Å². The molecule has 2 N–H and O–H groups in total. The van der Waals surface area contributed by atoms with Gasteiger partial charge in [-0.25, -0.2) is 9.69 Å². The number of nitrogens with one attached hydrogen (secondary N) is 1. The number of carbonyl (C=O) groups excluding carboxylic acids is 4. The Kier molecular flexibility index (Phi) is 13.3. The minimum Gasteiger partial charge on any atom is -0.497 e. The van der Waals surface area contributed by atoms with Crippen LogP contribution in [0.2, 0.25) is 0 Å². The Labute approximate surface area is 403 Å². The summed E-state index contributed by atoms with van der Waals surface area (Å²) in [6, 6.07) is 39.5. The zero-order chi connectivity index (χ0) is 48.9. The summed E-state index contributed by atoms with van der Waals surface area (Å²) in [4.78, 5) is 75.4. The quantitative estimate of drug-likeness (QED) is 0.0379. The summed E-state index contributed by atoms with van der Waals surface area (Å²) in [6.07, 6.45) is -0.560. The molecule has 6 aromatic rings. The molecular formula is C55H46N4O11. The number of amides is 3. The van der Waals surface area contributed by atoms with Gasteiger partial charge in [0.05, 0.1) is 42.3 Å². The molecule has 0 saturated carbocycles. The lowest BCUT2D eigenvalue weighted by Crippen LogP contribution is -2.55. The van der Waals surface area contributed by atoms with Crippen molar-refractivity contribution in [1.29, 1.82) is 0 Å². The van der Waals surface area contributed by atoms with Crippen molar-refractivity contribution in [2.75, 3.05) is 31.8 Å². The van der Waals surface area contributed by atoms with Crippen molar-refractivity contribution < 1.29 is 48.2 Å². The van der Waals surface area contributed by atoms with Crippen molar-refractivity contribution in [3.8, 4) is 23.3 Å². The van der Waals surface area contributed by atoms with Gasteiger partial charge in [-0.1, -0.05) is 90.7 Å². The Balaban J connectivity index is 1.30. The molecule has 352 valence electrons. The number of hydrogen-bond donors (Lipinski definition) is 2. The first kappa shape index (κ1) is 46.5. The number of methoxy groups -OCH3 is 1. The van der Waals surface area contributed by atoms with Crippen LogP contribution in [0.4, 0.5) is 16.2 Å². The van der Waals surface area contributed by atoms with E-state index in [1.165, 1.54) is 30.3 Å². The third-order valence-electron chi connectivity index (χ3n) is 12.9. The van der Waals surface area contributed by atoms with Gasteiger partial charge in [0.1, 0.15) is 42.3 Å². The summed E-state index contributed by atoms with van der Waals surface area (Å²) in [7, 11) is 1.56. The van der Waals surface area contributed by atoms with Gasteiger partial charge in [-0.2, -0.15) is 0 Å². The number of carbonyl (C=O) groups is 4. The average Bonchev–Trinajstić information content (AvgIpc) is 3.85. The molecule has 6 aromatic carbocycles. The van der Waals surface area contributed by atoms with Gasteiger partial charge >= 0.3 is 12.1 Å². The number of hydrogen-bond acceptors (Lipinski definition) is 12. The van der Waals surface area contributed by atoms with Crippen LogP contribution in [0.25, 0.3) is 0 Å².